The Hall–Kier alpha value is -1.71. The molecule has 0 aliphatic heterocycles. The van der Waals surface area contributed by atoms with Gasteiger partial charge in [0.15, 0.2) is 0 Å². The summed E-state index contributed by atoms with van der Waals surface area (Å²) in [6.07, 6.45) is 4.61. The number of carbonyl (C=O) groups excluding carboxylic acids is 1. The second kappa shape index (κ2) is 6.19. The Morgan fingerprint density at radius 1 is 1.41 bits per heavy atom. The van der Waals surface area contributed by atoms with Gasteiger partial charge in [0, 0.05) is 10.9 Å². The van der Waals surface area contributed by atoms with Crippen molar-refractivity contribution in [1.29, 1.82) is 5.26 Å². The summed E-state index contributed by atoms with van der Waals surface area (Å²) < 4.78 is 0. The van der Waals surface area contributed by atoms with Gasteiger partial charge in [-0.25, -0.2) is 4.98 Å². The van der Waals surface area contributed by atoms with E-state index in [1.165, 1.54) is 11.3 Å². The fraction of sp³-hybridized carbons (Fsp3) is 0.438. The highest BCUT2D eigenvalue weighted by Gasteiger charge is 2.34. The molecule has 0 spiro atoms. The van der Waals surface area contributed by atoms with Crippen LogP contribution in [-0.4, -0.2) is 16.4 Å². The lowest BCUT2D eigenvalue weighted by Gasteiger charge is -2.31. The highest BCUT2D eigenvalue weighted by Crippen LogP contribution is 2.31. The Morgan fingerprint density at radius 3 is 2.82 bits per heavy atom. The minimum Gasteiger partial charge on any atom is -0.333 e. The fourth-order valence-electron chi connectivity index (χ4n) is 2.81. The van der Waals surface area contributed by atoms with Gasteiger partial charge in [0.2, 0.25) is 0 Å². The van der Waals surface area contributed by atoms with Crippen LogP contribution in [0.2, 0.25) is 0 Å². The van der Waals surface area contributed by atoms with Crippen LogP contribution in [0.15, 0.2) is 16.8 Å². The van der Waals surface area contributed by atoms with Gasteiger partial charge < -0.3 is 5.32 Å². The topological polar surface area (TPSA) is 65.8 Å². The van der Waals surface area contributed by atoms with E-state index >= 15 is 0 Å². The van der Waals surface area contributed by atoms with E-state index in [-0.39, 0.29) is 5.91 Å². The van der Waals surface area contributed by atoms with E-state index in [0.717, 1.165) is 48.4 Å². The van der Waals surface area contributed by atoms with Gasteiger partial charge in [-0.15, -0.1) is 11.3 Å². The number of nitrogens with one attached hydrogen (secondary N) is 1. The standard InChI is InChI=1S/C16H17N3OS2/c1-11-13(22-15(18-11)12-5-8-21-9-12)14(20)19-16(10-17)6-3-2-4-7-16/h5,8-9H,2-4,6-7H2,1H3,(H,19,20). The predicted octanol–water partition coefficient (Wildman–Crippen LogP) is 4.14. The van der Waals surface area contributed by atoms with Crippen molar-refractivity contribution < 1.29 is 4.79 Å². The van der Waals surface area contributed by atoms with E-state index in [2.05, 4.69) is 16.4 Å². The van der Waals surface area contributed by atoms with Gasteiger partial charge in [-0.3, -0.25) is 4.79 Å². The van der Waals surface area contributed by atoms with Gasteiger partial charge in [-0.2, -0.15) is 16.6 Å². The summed E-state index contributed by atoms with van der Waals surface area (Å²) in [4.78, 5) is 17.7. The van der Waals surface area contributed by atoms with Crippen molar-refractivity contribution in [3.8, 4) is 16.6 Å². The Balaban J connectivity index is 1.82. The van der Waals surface area contributed by atoms with Crippen molar-refractivity contribution in [3.63, 3.8) is 0 Å². The maximum atomic E-state index is 12.6. The van der Waals surface area contributed by atoms with Crippen LogP contribution >= 0.6 is 22.7 Å². The van der Waals surface area contributed by atoms with E-state index in [0.29, 0.717) is 4.88 Å². The Bertz CT molecular complexity index is 706. The molecular weight excluding hydrogens is 314 g/mol. The first-order chi connectivity index (χ1) is 10.6. The Morgan fingerprint density at radius 2 is 2.18 bits per heavy atom. The molecule has 1 aliphatic carbocycles. The minimum absolute atomic E-state index is 0.167. The van der Waals surface area contributed by atoms with Crippen LogP contribution in [0.25, 0.3) is 10.6 Å². The average molecular weight is 331 g/mol. The van der Waals surface area contributed by atoms with Crippen LogP contribution in [0.1, 0.15) is 47.5 Å². The van der Waals surface area contributed by atoms with Crippen LogP contribution in [0, 0.1) is 18.3 Å². The first-order valence-electron chi connectivity index (χ1n) is 7.37. The lowest BCUT2D eigenvalue weighted by Crippen LogP contribution is -2.48. The molecule has 2 aromatic heterocycles. The summed E-state index contributed by atoms with van der Waals surface area (Å²) in [6.45, 7) is 1.85. The van der Waals surface area contributed by atoms with E-state index < -0.39 is 5.54 Å². The molecule has 6 heteroatoms. The number of hydrogen-bond donors (Lipinski definition) is 1. The summed E-state index contributed by atoms with van der Waals surface area (Å²) in [7, 11) is 0. The van der Waals surface area contributed by atoms with E-state index in [1.807, 2.05) is 23.8 Å². The number of rotatable bonds is 3. The van der Waals surface area contributed by atoms with E-state index in [1.54, 1.807) is 11.3 Å². The zero-order valence-electron chi connectivity index (χ0n) is 12.4. The molecule has 3 rings (SSSR count). The van der Waals surface area contributed by atoms with Crippen molar-refractivity contribution in [2.45, 2.75) is 44.6 Å². The lowest BCUT2D eigenvalue weighted by atomic mass is 9.83. The highest BCUT2D eigenvalue weighted by atomic mass is 32.1. The van der Waals surface area contributed by atoms with E-state index in [9.17, 15) is 10.1 Å². The molecule has 114 valence electrons. The van der Waals surface area contributed by atoms with Crippen LogP contribution in [0.4, 0.5) is 0 Å². The maximum absolute atomic E-state index is 12.6. The fourth-order valence-corrected chi connectivity index (χ4v) is 4.48. The Labute approximate surface area is 137 Å². The number of aromatic nitrogens is 1. The van der Waals surface area contributed by atoms with Crippen molar-refractivity contribution in [3.05, 3.63) is 27.4 Å². The summed E-state index contributed by atoms with van der Waals surface area (Å²) in [5, 5.41) is 17.3. The van der Waals surface area contributed by atoms with Crippen LogP contribution in [-0.2, 0) is 0 Å². The second-order valence-corrected chi connectivity index (χ2v) is 7.43. The molecule has 0 aromatic carbocycles. The molecule has 0 bridgehead atoms. The number of nitrogens with zero attached hydrogens (tertiary/aromatic N) is 2. The molecule has 2 aromatic rings. The molecule has 1 N–H and O–H groups in total. The molecular formula is C16H17N3OS2. The molecule has 4 nitrogen and oxygen atoms in total. The first kappa shape index (κ1) is 15.2. The third-order valence-electron chi connectivity index (χ3n) is 4.04. The number of nitriles is 1. The van der Waals surface area contributed by atoms with Crippen molar-refractivity contribution in [2.75, 3.05) is 0 Å². The predicted molar refractivity (Wildman–Crippen MR) is 89.1 cm³/mol. The maximum Gasteiger partial charge on any atom is 0.264 e. The molecule has 22 heavy (non-hydrogen) atoms. The van der Waals surface area contributed by atoms with Gasteiger partial charge in [0.05, 0.1) is 11.8 Å². The third kappa shape index (κ3) is 2.92. The molecule has 1 aliphatic rings. The number of aryl methyl sites for hydroxylation is 1. The highest BCUT2D eigenvalue weighted by molar-refractivity contribution is 7.17. The van der Waals surface area contributed by atoms with Crippen LogP contribution in [0.5, 0.6) is 0 Å². The van der Waals surface area contributed by atoms with Crippen molar-refractivity contribution in [2.24, 2.45) is 0 Å². The smallest absolute Gasteiger partial charge is 0.264 e. The van der Waals surface area contributed by atoms with Crippen LogP contribution < -0.4 is 5.32 Å². The number of hydrogen-bond acceptors (Lipinski definition) is 5. The van der Waals surface area contributed by atoms with Crippen LogP contribution in [0.3, 0.4) is 0 Å². The number of thiazole rings is 1. The molecule has 0 saturated heterocycles. The van der Waals surface area contributed by atoms with Gasteiger partial charge in [0.1, 0.15) is 15.4 Å². The summed E-state index contributed by atoms with van der Waals surface area (Å²) in [6, 6.07) is 4.33. The molecule has 0 radical (unpaired) electrons. The first-order valence-corrected chi connectivity index (χ1v) is 9.13. The number of amides is 1. The monoisotopic (exact) mass is 331 g/mol. The third-order valence-corrected chi connectivity index (χ3v) is 5.93. The van der Waals surface area contributed by atoms with Gasteiger partial charge in [0.25, 0.3) is 5.91 Å². The normalized spacial score (nSPS) is 16.9. The average Bonchev–Trinajstić information content (AvgIpc) is 3.17. The number of thiophene rings is 1. The second-order valence-electron chi connectivity index (χ2n) is 5.65. The largest absolute Gasteiger partial charge is 0.333 e. The molecule has 1 amide bonds. The summed E-state index contributed by atoms with van der Waals surface area (Å²) in [5.74, 6) is -0.167. The SMILES string of the molecule is Cc1nc(-c2ccsc2)sc1C(=O)NC1(C#N)CCCCC1. The Kier molecular flexibility index (Phi) is 4.27. The lowest BCUT2D eigenvalue weighted by molar-refractivity contribution is 0.0906. The zero-order chi connectivity index (χ0) is 15.6. The zero-order valence-corrected chi connectivity index (χ0v) is 14.0. The van der Waals surface area contributed by atoms with Gasteiger partial charge in [-0.1, -0.05) is 19.3 Å². The van der Waals surface area contributed by atoms with Gasteiger partial charge in [-0.05, 0) is 31.2 Å². The molecule has 0 unspecified atom stereocenters. The quantitative estimate of drug-likeness (QED) is 0.919. The molecule has 1 saturated carbocycles. The molecule has 0 atom stereocenters. The van der Waals surface area contributed by atoms with Gasteiger partial charge >= 0.3 is 0 Å². The van der Waals surface area contributed by atoms with Crippen molar-refractivity contribution in [1.82, 2.24) is 10.3 Å². The van der Waals surface area contributed by atoms with E-state index in [4.69, 9.17) is 0 Å². The summed E-state index contributed by atoms with van der Waals surface area (Å²) in [5.41, 5.74) is 1.08. The van der Waals surface area contributed by atoms with Crippen molar-refractivity contribution >= 4 is 28.6 Å². The molecule has 2 heterocycles. The minimum atomic E-state index is -0.700. The molecule has 1 fully saturated rings. The number of carbonyl (C=O) groups is 1. The summed E-state index contributed by atoms with van der Waals surface area (Å²) >= 11 is 3.01.